The smallest absolute Gasteiger partial charge is 0.496 e. The Labute approximate surface area is 122 Å². The van der Waals surface area contributed by atoms with Crippen molar-refractivity contribution < 1.29 is 14.0 Å². The predicted octanol–water partition coefficient (Wildman–Crippen LogP) is 2.06. The van der Waals surface area contributed by atoms with Crippen LogP contribution >= 0.6 is 0 Å². The van der Waals surface area contributed by atoms with Gasteiger partial charge >= 0.3 is 7.12 Å². The zero-order valence-corrected chi connectivity index (χ0v) is 13.5. The van der Waals surface area contributed by atoms with Gasteiger partial charge in [-0.15, -0.1) is 0 Å². The van der Waals surface area contributed by atoms with Crippen LogP contribution in [-0.4, -0.2) is 39.5 Å². The molecule has 0 atom stereocenters. The van der Waals surface area contributed by atoms with Crippen LogP contribution in [0.25, 0.3) is 0 Å². The summed E-state index contributed by atoms with van der Waals surface area (Å²) in [6, 6.07) is 5.95. The predicted molar refractivity (Wildman–Crippen MR) is 83.0 cm³/mol. The van der Waals surface area contributed by atoms with Gasteiger partial charge in [-0.2, -0.15) is 0 Å². The Kier molecular flexibility index (Phi) is 3.78. The van der Waals surface area contributed by atoms with Crippen molar-refractivity contribution in [2.75, 3.05) is 26.1 Å². The number of nitrogens with zero attached hydrogens (tertiary/aromatic N) is 1. The third-order valence-electron chi connectivity index (χ3n) is 4.23. The highest BCUT2D eigenvalue weighted by atomic mass is 16.7. The van der Waals surface area contributed by atoms with E-state index in [-0.39, 0.29) is 18.3 Å². The van der Waals surface area contributed by atoms with Crippen LogP contribution in [0, 0.1) is 0 Å². The normalized spacial score (nSPS) is 20.1. The molecule has 0 radical (unpaired) electrons. The molecule has 1 aliphatic heterocycles. The van der Waals surface area contributed by atoms with E-state index >= 15 is 0 Å². The summed E-state index contributed by atoms with van der Waals surface area (Å²) in [7, 11) is 5.32. The van der Waals surface area contributed by atoms with Gasteiger partial charge in [0, 0.05) is 31.3 Å². The van der Waals surface area contributed by atoms with Crippen LogP contribution in [0.4, 0.5) is 5.69 Å². The van der Waals surface area contributed by atoms with Gasteiger partial charge < -0.3 is 18.9 Å². The number of hydrogen-bond acceptors (Lipinski definition) is 4. The van der Waals surface area contributed by atoms with E-state index < -0.39 is 0 Å². The molecule has 0 bridgehead atoms. The molecule has 5 heteroatoms. The zero-order chi connectivity index (χ0) is 15.1. The molecule has 1 aromatic carbocycles. The molecule has 0 unspecified atom stereocenters. The highest BCUT2D eigenvalue weighted by molar-refractivity contribution is 6.64. The van der Waals surface area contributed by atoms with E-state index in [0.717, 1.165) is 16.9 Å². The fourth-order valence-electron chi connectivity index (χ4n) is 2.21. The summed E-state index contributed by atoms with van der Waals surface area (Å²) < 4.78 is 17.5. The lowest BCUT2D eigenvalue weighted by molar-refractivity contribution is 0.00578. The highest BCUT2D eigenvalue weighted by Gasteiger charge is 2.52. The lowest BCUT2D eigenvalue weighted by Gasteiger charge is -2.32. The minimum atomic E-state index is -0.358. The van der Waals surface area contributed by atoms with E-state index in [1.807, 2.05) is 37.2 Å². The number of anilines is 1. The second-order valence-electron chi connectivity index (χ2n) is 6.41. The summed E-state index contributed by atoms with van der Waals surface area (Å²) in [5.41, 5.74) is 1.40. The highest BCUT2D eigenvalue weighted by Crippen LogP contribution is 2.37. The molecule has 1 aliphatic rings. The molecule has 2 rings (SSSR count). The van der Waals surface area contributed by atoms with Crippen molar-refractivity contribution in [3.63, 3.8) is 0 Å². The van der Waals surface area contributed by atoms with Crippen molar-refractivity contribution in [3.8, 4) is 5.75 Å². The molecule has 1 heterocycles. The number of benzene rings is 1. The Bertz CT molecular complexity index is 484. The van der Waals surface area contributed by atoms with Gasteiger partial charge in [-0.3, -0.25) is 0 Å². The zero-order valence-electron chi connectivity index (χ0n) is 13.5. The SMILES string of the molecule is COc1ccc(B2OC(C)(C)C(C)(C)O2)c(N(C)C)c1. The fourth-order valence-corrected chi connectivity index (χ4v) is 2.21. The molecule has 20 heavy (non-hydrogen) atoms. The van der Waals surface area contributed by atoms with E-state index in [1.165, 1.54) is 0 Å². The van der Waals surface area contributed by atoms with E-state index in [4.69, 9.17) is 14.0 Å². The van der Waals surface area contributed by atoms with Crippen molar-refractivity contribution >= 4 is 18.3 Å². The lowest BCUT2D eigenvalue weighted by atomic mass is 9.77. The quantitative estimate of drug-likeness (QED) is 0.791. The Balaban J connectivity index is 2.39. The van der Waals surface area contributed by atoms with Gasteiger partial charge in [-0.25, -0.2) is 0 Å². The molecule has 4 nitrogen and oxygen atoms in total. The molecule has 0 amide bonds. The van der Waals surface area contributed by atoms with Crippen LogP contribution in [0.1, 0.15) is 27.7 Å². The summed E-state index contributed by atoms with van der Waals surface area (Å²) in [5.74, 6) is 0.828. The van der Waals surface area contributed by atoms with Gasteiger partial charge in [-0.1, -0.05) is 6.07 Å². The van der Waals surface area contributed by atoms with Gasteiger partial charge in [-0.05, 0) is 33.8 Å². The average Bonchev–Trinajstić information content (AvgIpc) is 2.57. The van der Waals surface area contributed by atoms with E-state index in [9.17, 15) is 0 Å². The molecule has 0 N–H and O–H groups in total. The molecule has 1 saturated heterocycles. The van der Waals surface area contributed by atoms with Gasteiger partial charge in [0.05, 0.1) is 18.3 Å². The van der Waals surface area contributed by atoms with Crippen LogP contribution in [0.2, 0.25) is 0 Å². The molecule has 0 saturated carbocycles. The van der Waals surface area contributed by atoms with Crippen molar-refractivity contribution in [1.82, 2.24) is 0 Å². The Morgan fingerprint density at radius 1 is 1.05 bits per heavy atom. The third-order valence-corrected chi connectivity index (χ3v) is 4.23. The van der Waals surface area contributed by atoms with E-state index in [1.54, 1.807) is 7.11 Å². The first-order valence-corrected chi connectivity index (χ1v) is 6.89. The Morgan fingerprint density at radius 3 is 2.05 bits per heavy atom. The monoisotopic (exact) mass is 277 g/mol. The molecule has 1 aromatic rings. The number of hydrogen-bond donors (Lipinski definition) is 0. The first-order valence-electron chi connectivity index (χ1n) is 6.89. The molecule has 0 aliphatic carbocycles. The molecular formula is C15H24BNO3. The lowest BCUT2D eigenvalue weighted by Crippen LogP contribution is -2.41. The second kappa shape index (κ2) is 4.97. The maximum atomic E-state index is 6.12. The summed E-state index contributed by atoms with van der Waals surface area (Å²) >= 11 is 0. The van der Waals surface area contributed by atoms with Crippen molar-refractivity contribution in [2.45, 2.75) is 38.9 Å². The summed E-state index contributed by atoms with van der Waals surface area (Å²) in [6.07, 6.45) is 0. The van der Waals surface area contributed by atoms with E-state index in [0.29, 0.717) is 0 Å². The number of methoxy groups -OCH3 is 1. The van der Waals surface area contributed by atoms with Gasteiger partial charge in [0.15, 0.2) is 0 Å². The first kappa shape index (κ1) is 15.2. The third kappa shape index (κ3) is 2.52. The van der Waals surface area contributed by atoms with Crippen molar-refractivity contribution in [3.05, 3.63) is 18.2 Å². The van der Waals surface area contributed by atoms with E-state index in [2.05, 4.69) is 27.7 Å². The number of ether oxygens (including phenoxy) is 1. The average molecular weight is 277 g/mol. The maximum absolute atomic E-state index is 6.12. The van der Waals surface area contributed by atoms with Crippen LogP contribution in [-0.2, 0) is 9.31 Å². The summed E-state index contributed by atoms with van der Waals surface area (Å²) in [5, 5.41) is 0. The Morgan fingerprint density at radius 2 is 1.60 bits per heavy atom. The molecule has 1 fully saturated rings. The first-order chi connectivity index (χ1) is 9.18. The van der Waals surface area contributed by atoms with Gasteiger partial charge in [0.1, 0.15) is 5.75 Å². The fraction of sp³-hybridized carbons (Fsp3) is 0.600. The standard InChI is InChI=1S/C15H24BNO3/c1-14(2)15(3,4)20-16(19-14)12-9-8-11(18-7)10-13(12)17(5)6/h8-10H,1-7H3. The van der Waals surface area contributed by atoms with Crippen LogP contribution in [0.3, 0.4) is 0 Å². The second-order valence-corrected chi connectivity index (χ2v) is 6.41. The number of rotatable bonds is 3. The van der Waals surface area contributed by atoms with Crippen molar-refractivity contribution in [2.24, 2.45) is 0 Å². The molecule has 0 spiro atoms. The van der Waals surface area contributed by atoms with Gasteiger partial charge in [0.25, 0.3) is 0 Å². The molecule has 0 aromatic heterocycles. The minimum absolute atomic E-state index is 0.332. The summed E-state index contributed by atoms with van der Waals surface area (Å²) in [4.78, 5) is 2.04. The largest absolute Gasteiger partial charge is 0.497 e. The molecular weight excluding hydrogens is 253 g/mol. The van der Waals surface area contributed by atoms with Crippen molar-refractivity contribution in [1.29, 1.82) is 0 Å². The van der Waals surface area contributed by atoms with Gasteiger partial charge in [0.2, 0.25) is 0 Å². The molecule has 110 valence electrons. The van der Waals surface area contributed by atoms with Crippen LogP contribution in [0.15, 0.2) is 18.2 Å². The van der Waals surface area contributed by atoms with Crippen LogP contribution < -0.4 is 15.1 Å². The van der Waals surface area contributed by atoms with Crippen LogP contribution in [0.5, 0.6) is 5.75 Å². The topological polar surface area (TPSA) is 30.9 Å². The maximum Gasteiger partial charge on any atom is 0.496 e. The summed E-state index contributed by atoms with van der Waals surface area (Å²) in [6.45, 7) is 8.25. The minimum Gasteiger partial charge on any atom is -0.497 e. The Hall–Kier alpha value is -1.20.